The molecule has 0 unspecified atom stereocenters. The fourth-order valence-electron chi connectivity index (χ4n) is 8.68. The number of allylic oxidation sites excluding steroid dienone is 2. The molecule has 12 atom stereocenters. The monoisotopic (exact) mass is 718 g/mol. The highest BCUT2D eigenvalue weighted by Crippen LogP contribution is 2.51. The molecule has 0 spiro atoms. The summed E-state index contributed by atoms with van der Waals surface area (Å²) in [4.78, 5) is 11.3. The van der Waals surface area contributed by atoms with E-state index in [0.717, 1.165) is 17.5 Å². The minimum atomic E-state index is -2.22. The second kappa shape index (κ2) is 16.1. The molecule has 11 heteroatoms. The van der Waals surface area contributed by atoms with Gasteiger partial charge in [-0.3, -0.25) is 0 Å². The highest BCUT2D eigenvalue weighted by Gasteiger charge is 2.60. The Bertz CT molecular complexity index is 1630. The number of rotatable bonds is 11. The van der Waals surface area contributed by atoms with Gasteiger partial charge in [-0.25, -0.2) is 4.79 Å². The Morgan fingerprint density at radius 3 is 2.42 bits per heavy atom. The molecule has 1 saturated heterocycles. The molecular weight excluding hydrogens is 668 g/mol. The van der Waals surface area contributed by atoms with E-state index in [1.165, 1.54) is 0 Å². The number of carboxylic acids is 1. The molecule has 0 aromatic heterocycles. The van der Waals surface area contributed by atoms with Gasteiger partial charge in [0.1, 0.15) is 36.3 Å². The van der Waals surface area contributed by atoms with Crippen molar-refractivity contribution in [1.29, 1.82) is 0 Å². The fraction of sp³-hybridized carbons (Fsp3) is 0.537. The van der Waals surface area contributed by atoms with Crippen LogP contribution >= 0.6 is 0 Å². The minimum absolute atomic E-state index is 0.0188. The highest BCUT2D eigenvalue weighted by atomic mass is 16.7. The summed E-state index contributed by atoms with van der Waals surface area (Å²) in [5.74, 6) is 1.03. The van der Waals surface area contributed by atoms with E-state index >= 15 is 0 Å². The molecule has 2 aromatic rings. The van der Waals surface area contributed by atoms with Crippen LogP contribution in [0.1, 0.15) is 66.4 Å². The third-order valence-corrected chi connectivity index (χ3v) is 11.4. The van der Waals surface area contributed by atoms with Crippen molar-refractivity contribution in [2.45, 2.75) is 106 Å². The first-order chi connectivity index (χ1) is 24.9. The van der Waals surface area contributed by atoms with Crippen LogP contribution in [0.5, 0.6) is 5.75 Å². The Kier molecular flexibility index (Phi) is 11.8. The van der Waals surface area contributed by atoms with Crippen molar-refractivity contribution in [3.63, 3.8) is 0 Å². The first-order valence-corrected chi connectivity index (χ1v) is 18.2. The molecule has 7 rings (SSSR count). The number of aromatic carboxylic acids is 1. The topological polar surface area (TPSA) is 186 Å². The van der Waals surface area contributed by atoms with Crippen LogP contribution < -0.4 is 4.74 Å². The normalized spacial score (nSPS) is 37.0. The molecule has 0 radical (unpaired) electrons. The largest absolute Gasteiger partial charge is 0.478 e. The Labute approximate surface area is 304 Å². The summed E-state index contributed by atoms with van der Waals surface area (Å²) in [7, 11) is 0. The summed E-state index contributed by atoms with van der Waals surface area (Å²) in [6.45, 7) is 3.62. The molecule has 11 nitrogen and oxygen atoms in total. The van der Waals surface area contributed by atoms with Gasteiger partial charge >= 0.3 is 5.97 Å². The second-order valence-corrected chi connectivity index (χ2v) is 15.0. The van der Waals surface area contributed by atoms with Crippen molar-refractivity contribution >= 4 is 5.97 Å². The summed E-state index contributed by atoms with van der Waals surface area (Å²) in [6, 6.07) is 13.9. The van der Waals surface area contributed by atoms with Crippen molar-refractivity contribution in [3.8, 4) is 17.8 Å². The van der Waals surface area contributed by atoms with E-state index in [0.29, 0.717) is 31.4 Å². The Balaban J connectivity index is 1.28. The third-order valence-electron chi connectivity index (χ3n) is 11.4. The van der Waals surface area contributed by atoms with E-state index in [4.69, 9.17) is 14.2 Å². The number of carbonyl (C=O) groups is 1. The van der Waals surface area contributed by atoms with E-state index in [1.807, 2.05) is 24.3 Å². The van der Waals surface area contributed by atoms with Gasteiger partial charge in [0.25, 0.3) is 0 Å². The average Bonchev–Trinajstić information content (AvgIpc) is 3.46. The lowest BCUT2D eigenvalue weighted by Gasteiger charge is -2.51. The first-order valence-electron chi connectivity index (χ1n) is 18.2. The summed E-state index contributed by atoms with van der Waals surface area (Å²) in [5.41, 5.74) is -1.13. The van der Waals surface area contributed by atoms with Crippen LogP contribution in [0.15, 0.2) is 73.3 Å². The van der Waals surface area contributed by atoms with Crippen molar-refractivity contribution in [1.82, 2.24) is 0 Å². The number of carboxylic acid groups (broad SMARTS) is 1. The van der Waals surface area contributed by atoms with Gasteiger partial charge in [0.15, 0.2) is 5.60 Å². The molecule has 2 fully saturated rings. The van der Waals surface area contributed by atoms with Gasteiger partial charge < -0.3 is 50.0 Å². The maximum atomic E-state index is 12.5. The van der Waals surface area contributed by atoms with E-state index in [1.54, 1.807) is 42.5 Å². The number of fused-ring (bicyclic) bond motifs is 9. The first kappa shape index (κ1) is 38.0. The van der Waals surface area contributed by atoms with Crippen molar-refractivity contribution < 1.29 is 54.8 Å². The molecule has 2 aromatic carbocycles. The second-order valence-electron chi connectivity index (χ2n) is 15.0. The summed E-state index contributed by atoms with van der Waals surface area (Å²) in [5, 5.41) is 78.2. The Morgan fingerprint density at radius 2 is 1.73 bits per heavy atom. The summed E-state index contributed by atoms with van der Waals surface area (Å²) < 4.78 is 18.4. The van der Waals surface area contributed by atoms with Crippen LogP contribution in [0, 0.1) is 35.7 Å². The molecule has 7 N–H and O–H groups in total. The van der Waals surface area contributed by atoms with E-state index in [9.17, 15) is 40.5 Å². The molecule has 3 heterocycles. The van der Waals surface area contributed by atoms with Crippen LogP contribution in [-0.4, -0.2) is 96.3 Å². The molecule has 0 amide bonds. The van der Waals surface area contributed by atoms with Crippen LogP contribution in [0.3, 0.4) is 0 Å². The fourth-order valence-corrected chi connectivity index (χ4v) is 8.68. The zero-order chi connectivity index (χ0) is 37.0. The number of benzene rings is 2. The van der Waals surface area contributed by atoms with Crippen molar-refractivity contribution in [2.24, 2.45) is 23.7 Å². The Hall–Kier alpha value is -3.73. The van der Waals surface area contributed by atoms with Crippen molar-refractivity contribution in [3.05, 3.63) is 90.0 Å². The van der Waals surface area contributed by atoms with Gasteiger partial charge in [-0.05, 0) is 105 Å². The molecule has 5 aliphatic rings. The Morgan fingerprint density at radius 1 is 1.00 bits per heavy atom. The smallest absolute Gasteiger partial charge is 0.335 e. The van der Waals surface area contributed by atoms with Crippen LogP contribution in [-0.2, 0) is 22.3 Å². The number of hydrogen-bond acceptors (Lipinski definition) is 10. The van der Waals surface area contributed by atoms with Crippen molar-refractivity contribution in [2.75, 3.05) is 6.61 Å². The minimum Gasteiger partial charge on any atom is -0.478 e. The zero-order valence-electron chi connectivity index (χ0n) is 29.2. The van der Waals surface area contributed by atoms with Gasteiger partial charge in [0.2, 0.25) is 6.29 Å². The lowest BCUT2D eigenvalue weighted by atomic mass is 9.67. The standard InChI is InChI=1S/C41H50O11/c1-2-5-25-10-16-31(17-11-25)51-39-41(49)24-32(33(43)6-4-19-50-34(7-3-18-42)36(52-39)35(44)37(41)45)29-14-15-30-21-27(22-40(30,48)23-29)20-26-8-12-28(13-9-26)38(46)47/h2,8-17,27,29-30,32-37,39,42-45,48-49H,1,3,5-7,18,20-24H2,(H,46,47)/t27-,29+,30-,32+,33-,34+,35+,36+,37-,39-,40+,41+/m0/s1. The maximum Gasteiger partial charge on any atom is 0.335 e. The van der Waals surface area contributed by atoms with Gasteiger partial charge in [-0.15, -0.1) is 6.58 Å². The van der Waals surface area contributed by atoms with Crippen LogP contribution in [0.2, 0.25) is 0 Å². The van der Waals surface area contributed by atoms with Crippen LogP contribution in [0.25, 0.3) is 0 Å². The molecule has 1 saturated carbocycles. The van der Waals surface area contributed by atoms with E-state index < -0.39 is 65.8 Å². The molecular formula is C41H50O11. The lowest BCUT2D eigenvalue weighted by molar-refractivity contribution is -0.334. The maximum absolute atomic E-state index is 12.5. The lowest BCUT2D eigenvalue weighted by Crippen LogP contribution is -2.70. The van der Waals surface area contributed by atoms with Gasteiger partial charge in [-0.2, -0.15) is 0 Å². The SMILES string of the molecule is C=CCc1ccc(O[C@H]2O[C@H]3[C@@H](O)[C@H](O)[C@]2(O)C[C@H]([C@@H]2C=C[C@H]4C[C@H](Cc5ccc(C(=O)O)cc5)C[C@@]4(O)C2)[C@@H](O)CC#CO[C@@H]3CCCO)cc1. The predicted molar refractivity (Wildman–Crippen MR) is 190 cm³/mol. The average molecular weight is 719 g/mol. The summed E-state index contributed by atoms with van der Waals surface area (Å²) in [6.07, 6.45) is 3.34. The van der Waals surface area contributed by atoms with Gasteiger partial charge in [0, 0.05) is 18.9 Å². The number of aliphatic hydroxyl groups is 6. The number of aliphatic hydroxyl groups excluding tert-OH is 4. The molecule has 52 heavy (non-hydrogen) atoms. The third kappa shape index (κ3) is 8.09. The quantitative estimate of drug-likeness (QED) is 0.134. The number of ether oxygens (including phenoxy) is 3. The molecule has 2 aliphatic carbocycles. The molecule has 280 valence electrons. The highest BCUT2D eigenvalue weighted by molar-refractivity contribution is 5.87. The van der Waals surface area contributed by atoms with Crippen LogP contribution in [0.4, 0.5) is 0 Å². The molecule has 3 aliphatic heterocycles. The number of hydrogen-bond donors (Lipinski definition) is 7. The zero-order valence-corrected chi connectivity index (χ0v) is 29.2. The predicted octanol–water partition coefficient (Wildman–Crippen LogP) is 3.14. The molecule has 2 bridgehead atoms. The van der Waals surface area contributed by atoms with E-state index in [-0.39, 0.29) is 49.7 Å². The van der Waals surface area contributed by atoms with Gasteiger partial charge in [-0.1, -0.05) is 48.4 Å². The van der Waals surface area contributed by atoms with Gasteiger partial charge in [0.05, 0.1) is 17.3 Å². The van der Waals surface area contributed by atoms with E-state index in [2.05, 4.69) is 18.6 Å². The summed E-state index contributed by atoms with van der Waals surface area (Å²) >= 11 is 0.